The third-order valence-corrected chi connectivity index (χ3v) is 8.60. The van der Waals surface area contributed by atoms with Crippen LogP contribution in [0.25, 0.3) is 10.9 Å². The van der Waals surface area contributed by atoms with E-state index in [2.05, 4.69) is 20.9 Å². The maximum atomic E-state index is 13.2. The number of anilines is 3. The Hall–Kier alpha value is -5.52. The van der Waals surface area contributed by atoms with Gasteiger partial charge in [-0.05, 0) is 92.4 Å². The van der Waals surface area contributed by atoms with Crippen LogP contribution in [-0.2, 0) is 19.2 Å². The molecule has 0 radical (unpaired) electrons. The SMILES string of the molecule is COc1cc2c(Oc3ccc(NC(=O)C4(C(=O)Nc5ccc(F)cc5)CC4)cc3)ccnc2cc1NCC(=O)N1CCC(C=O)CC1. The zero-order valence-electron chi connectivity index (χ0n) is 25.8. The van der Waals surface area contributed by atoms with Crippen LogP contribution in [-0.4, -0.2) is 60.6 Å². The number of nitrogens with one attached hydrogen (secondary N) is 3. The molecule has 3 N–H and O–H groups in total. The molecule has 4 aromatic rings. The van der Waals surface area contributed by atoms with Crippen LogP contribution in [0, 0.1) is 17.2 Å². The zero-order chi connectivity index (χ0) is 33.0. The van der Waals surface area contributed by atoms with Gasteiger partial charge in [0.1, 0.15) is 34.8 Å². The van der Waals surface area contributed by atoms with Crippen molar-refractivity contribution >= 4 is 52.0 Å². The Bertz CT molecular complexity index is 1800. The predicted octanol–water partition coefficient (Wildman–Crippen LogP) is 5.38. The van der Waals surface area contributed by atoms with Crippen LogP contribution in [0.3, 0.4) is 0 Å². The minimum absolute atomic E-state index is 0.0180. The predicted molar refractivity (Wildman–Crippen MR) is 174 cm³/mol. The third kappa shape index (κ3) is 7.01. The van der Waals surface area contributed by atoms with Gasteiger partial charge in [0.05, 0.1) is 24.9 Å². The van der Waals surface area contributed by atoms with E-state index >= 15 is 0 Å². The van der Waals surface area contributed by atoms with Crippen molar-refractivity contribution in [2.45, 2.75) is 25.7 Å². The molecule has 0 bridgehead atoms. The van der Waals surface area contributed by atoms with E-state index < -0.39 is 23.0 Å². The van der Waals surface area contributed by atoms with Gasteiger partial charge in [0, 0.05) is 42.0 Å². The number of carbonyl (C=O) groups is 4. The van der Waals surface area contributed by atoms with Crippen molar-refractivity contribution in [2.24, 2.45) is 11.3 Å². The van der Waals surface area contributed by atoms with Crippen LogP contribution in [0.1, 0.15) is 25.7 Å². The lowest BCUT2D eigenvalue weighted by Gasteiger charge is -2.30. The maximum absolute atomic E-state index is 13.2. The molecule has 47 heavy (non-hydrogen) atoms. The van der Waals surface area contributed by atoms with Crippen molar-refractivity contribution in [3.63, 3.8) is 0 Å². The fraction of sp³-hybridized carbons (Fsp3) is 0.286. The van der Waals surface area contributed by atoms with Gasteiger partial charge in [-0.3, -0.25) is 19.4 Å². The molecule has 3 aromatic carbocycles. The number of ether oxygens (including phenoxy) is 2. The quantitative estimate of drug-likeness (QED) is 0.147. The minimum atomic E-state index is -1.17. The number of pyridine rings is 1. The highest BCUT2D eigenvalue weighted by atomic mass is 19.1. The van der Waals surface area contributed by atoms with E-state index in [4.69, 9.17) is 9.47 Å². The Kier molecular flexibility index (Phi) is 9.01. The number of hydrogen-bond donors (Lipinski definition) is 3. The Morgan fingerprint density at radius 2 is 1.57 bits per heavy atom. The van der Waals surface area contributed by atoms with Crippen LogP contribution < -0.4 is 25.4 Å². The van der Waals surface area contributed by atoms with Gasteiger partial charge in [-0.15, -0.1) is 0 Å². The topological polar surface area (TPSA) is 139 Å². The van der Waals surface area contributed by atoms with E-state index in [0.717, 1.165) is 6.29 Å². The summed E-state index contributed by atoms with van der Waals surface area (Å²) in [6.07, 6.45) is 4.78. The lowest BCUT2D eigenvalue weighted by Crippen LogP contribution is -2.41. The van der Waals surface area contributed by atoms with Gasteiger partial charge in [0.15, 0.2) is 0 Å². The number of halogens is 1. The molecule has 0 unspecified atom stereocenters. The van der Waals surface area contributed by atoms with Crippen LogP contribution in [0.15, 0.2) is 72.9 Å². The lowest BCUT2D eigenvalue weighted by atomic mass is 9.98. The molecule has 2 aliphatic rings. The van der Waals surface area contributed by atoms with Crippen LogP contribution >= 0.6 is 0 Å². The number of aldehydes is 1. The van der Waals surface area contributed by atoms with E-state index in [1.165, 1.54) is 24.3 Å². The van der Waals surface area contributed by atoms with Gasteiger partial charge in [-0.1, -0.05) is 0 Å². The number of piperidine rings is 1. The number of amides is 3. The Labute approximate surface area is 270 Å². The fourth-order valence-corrected chi connectivity index (χ4v) is 5.56. The molecule has 2 heterocycles. The molecule has 1 aliphatic heterocycles. The summed E-state index contributed by atoms with van der Waals surface area (Å²) in [4.78, 5) is 56.0. The number of likely N-dealkylation sites (tertiary alicyclic amines) is 1. The first-order valence-electron chi connectivity index (χ1n) is 15.4. The summed E-state index contributed by atoms with van der Waals surface area (Å²) < 4.78 is 25.0. The number of nitrogens with zero attached hydrogens (tertiary/aromatic N) is 2. The van der Waals surface area contributed by atoms with E-state index in [1.54, 1.807) is 60.7 Å². The molecule has 3 amide bonds. The number of methoxy groups -OCH3 is 1. The van der Waals surface area contributed by atoms with E-state index in [1.807, 2.05) is 0 Å². The summed E-state index contributed by atoms with van der Waals surface area (Å²) in [7, 11) is 1.54. The average molecular weight is 640 g/mol. The number of benzene rings is 3. The molecule has 11 nitrogen and oxygen atoms in total. The number of rotatable bonds is 11. The second-order valence-corrected chi connectivity index (χ2v) is 11.7. The number of carbonyl (C=O) groups excluding carboxylic acids is 4. The second kappa shape index (κ2) is 13.5. The van der Waals surface area contributed by atoms with Crippen molar-refractivity contribution in [3.05, 3.63) is 78.7 Å². The van der Waals surface area contributed by atoms with Crippen LogP contribution in [0.2, 0.25) is 0 Å². The van der Waals surface area contributed by atoms with Crippen molar-refractivity contribution in [1.29, 1.82) is 0 Å². The van der Waals surface area contributed by atoms with Gasteiger partial charge < -0.3 is 35.1 Å². The molecule has 2 fully saturated rings. The normalized spacial score (nSPS) is 15.4. The molecule has 1 aromatic heterocycles. The van der Waals surface area contributed by atoms with Gasteiger partial charge >= 0.3 is 0 Å². The molecule has 0 spiro atoms. The van der Waals surface area contributed by atoms with Crippen molar-refractivity contribution in [2.75, 3.05) is 42.7 Å². The summed E-state index contributed by atoms with van der Waals surface area (Å²) in [5.74, 6) is 0.261. The summed E-state index contributed by atoms with van der Waals surface area (Å²) in [5, 5.41) is 9.37. The first-order chi connectivity index (χ1) is 22.8. The Morgan fingerprint density at radius 3 is 2.17 bits per heavy atom. The van der Waals surface area contributed by atoms with Gasteiger partial charge in [0.25, 0.3) is 0 Å². The average Bonchev–Trinajstić information content (AvgIpc) is 3.91. The maximum Gasteiger partial charge on any atom is 0.241 e. The molecule has 0 atom stereocenters. The molecule has 12 heteroatoms. The lowest BCUT2D eigenvalue weighted by molar-refractivity contribution is -0.132. The van der Waals surface area contributed by atoms with Gasteiger partial charge in [-0.2, -0.15) is 0 Å². The van der Waals surface area contributed by atoms with Crippen LogP contribution in [0.4, 0.5) is 21.5 Å². The van der Waals surface area contributed by atoms with E-state index in [-0.39, 0.29) is 18.4 Å². The summed E-state index contributed by atoms with van der Waals surface area (Å²) in [6, 6.07) is 17.5. The van der Waals surface area contributed by atoms with Crippen molar-refractivity contribution < 1.29 is 33.0 Å². The molecule has 1 saturated heterocycles. The highest BCUT2D eigenvalue weighted by Crippen LogP contribution is 2.47. The fourth-order valence-electron chi connectivity index (χ4n) is 5.56. The van der Waals surface area contributed by atoms with Gasteiger partial charge in [-0.25, -0.2) is 4.39 Å². The molecular weight excluding hydrogens is 605 g/mol. The van der Waals surface area contributed by atoms with Crippen LogP contribution in [0.5, 0.6) is 17.2 Å². The highest BCUT2D eigenvalue weighted by Gasteiger charge is 2.56. The summed E-state index contributed by atoms with van der Waals surface area (Å²) >= 11 is 0. The number of hydrogen-bond acceptors (Lipinski definition) is 8. The largest absolute Gasteiger partial charge is 0.495 e. The number of fused-ring (bicyclic) bond motifs is 1. The Morgan fingerprint density at radius 1 is 0.936 bits per heavy atom. The summed E-state index contributed by atoms with van der Waals surface area (Å²) in [6.45, 7) is 1.20. The third-order valence-electron chi connectivity index (χ3n) is 8.60. The first kappa shape index (κ1) is 31.5. The monoisotopic (exact) mass is 639 g/mol. The molecule has 1 aliphatic carbocycles. The number of aromatic nitrogens is 1. The highest BCUT2D eigenvalue weighted by molar-refractivity contribution is 6.16. The molecular formula is C35H34FN5O6. The molecule has 242 valence electrons. The standard InChI is InChI=1S/C35H34FN5O6/c1-46-31-18-27-28(19-29(31)38-20-32(43)41-16-11-22(21-42)12-17-41)37-15-10-30(27)47-26-8-6-25(7-9-26)40-34(45)35(13-14-35)33(44)39-24-4-2-23(36)3-5-24/h2-10,15,18-19,21-22,38H,11-14,16-17,20H2,1H3,(H,39,44)(H,40,45). The Balaban J connectivity index is 1.09. The van der Waals surface area contributed by atoms with Crippen molar-refractivity contribution in [1.82, 2.24) is 9.88 Å². The van der Waals surface area contributed by atoms with E-state index in [0.29, 0.717) is 84.0 Å². The minimum Gasteiger partial charge on any atom is -0.495 e. The van der Waals surface area contributed by atoms with Crippen molar-refractivity contribution in [3.8, 4) is 17.2 Å². The summed E-state index contributed by atoms with van der Waals surface area (Å²) in [5.41, 5.74) is 0.989. The zero-order valence-corrected chi connectivity index (χ0v) is 25.8. The second-order valence-electron chi connectivity index (χ2n) is 11.7. The molecule has 1 saturated carbocycles. The van der Waals surface area contributed by atoms with Gasteiger partial charge in [0.2, 0.25) is 17.7 Å². The van der Waals surface area contributed by atoms with E-state index in [9.17, 15) is 23.6 Å². The first-order valence-corrected chi connectivity index (χ1v) is 15.4. The molecule has 6 rings (SSSR count). The smallest absolute Gasteiger partial charge is 0.241 e.